The topological polar surface area (TPSA) is 80.9 Å². The summed E-state index contributed by atoms with van der Waals surface area (Å²) in [6.07, 6.45) is 1.74. The lowest BCUT2D eigenvalue weighted by atomic mass is 10.1. The molecule has 1 N–H and O–H groups in total. The summed E-state index contributed by atoms with van der Waals surface area (Å²) in [7, 11) is 0. The normalized spacial score (nSPS) is 12.2. The maximum Gasteiger partial charge on any atom is 0.303 e. The average Bonchev–Trinajstić information content (AvgIpc) is 2.84. The van der Waals surface area contributed by atoms with E-state index in [1.165, 1.54) is 5.56 Å². The summed E-state index contributed by atoms with van der Waals surface area (Å²) in [5.74, 6) is 0.00831. The van der Waals surface area contributed by atoms with Crippen molar-refractivity contribution in [1.29, 1.82) is 0 Å². The molecule has 1 atom stereocenters. The monoisotopic (exact) mass is 274 g/mol. The van der Waals surface area contributed by atoms with Gasteiger partial charge in [-0.25, -0.2) is 4.68 Å². The first-order valence-electron chi connectivity index (χ1n) is 6.66. The molecule has 6 nitrogen and oxygen atoms in total. The minimum absolute atomic E-state index is 0.00600. The van der Waals surface area contributed by atoms with Crippen LogP contribution in [0.1, 0.15) is 24.7 Å². The SMILES string of the molecule is CC(CC(=O)O)Cn1nnnc1CCc1ccccc1. The second-order valence-electron chi connectivity index (χ2n) is 4.97. The van der Waals surface area contributed by atoms with Crippen LogP contribution in [0.5, 0.6) is 0 Å². The van der Waals surface area contributed by atoms with Crippen molar-refractivity contribution < 1.29 is 9.90 Å². The number of hydrogen-bond donors (Lipinski definition) is 1. The Hall–Kier alpha value is -2.24. The summed E-state index contributed by atoms with van der Waals surface area (Å²) in [5, 5.41) is 20.4. The molecule has 2 rings (SSSR count). The number of carboxylic acids is 1. The van der Waals surface area contributed by atoms with Crippen LogP contribution in [0.2, 0.25) is 0 Å². The average molecular weight is 274 g/mol. The highest BCUT2D eigenvalue weighted by molar-refractivity contribution is 5.66. The van der Waals surface area contributed by atoms with Gasteiger partial charge in [-0.1, -0.05) is 37.3 Å². The van der Waals surface area contributed by atoms with Crippen LogP contribution in [0, 0.1) is 5.92 Å². The molecule has 0 aliphatic carbocycles. The third-order valence-corrected chi connectivity index (χ3v) is 3.09. The molecule has 6 heteroatoms. The fourth-order valence-corrected chi connectivity index (χ4v) is 2.10. The zero-order chi connectivity index (χ0) is 14.4. The van der Waals surface area contributed by atoms with Crippen molar-refractivity contribution in [2.24, 2.45) is 5.92 Å². The Morgan fingerprint density at radius 1 is 1.30 bits per heavy atom. The third-order valence-electron chi connectivity index (χ3n) is 3.09. The van der Waals surface area contributed by atoms with Gasteiger partial charge in [-0.15, -0.1) is 5.10 Å². The summed E-state index contributed by atoms with van der Waals surface area (Å²) in [6.45, 7) is 2.42. The summed E-state index contributed by atoms with van der Waals surface area (Å²) < 4.78 is 1.70. The van der Waals surface area contributed by atoms with Crippen molar-refractivity contribution in [2.45, 2.75) is 32.7 Å². The Bertz CT molecular complexity index is 553. The molecule has 1 heterocycles. The minimum Gasteiger partial charge on any atom is -0.481 e. The predicted octanol–water partition coefficient (Wildman–Crippen LogP) is 1.57. The molecular formula is C14H18N4O2. The maximum atomic E-state index is 10.7. The number of hydrogen-bond acceptors (Lipinski definition) is 4. The Morgan fingerprint density at radius 3 is 2.75 bits per heavy atom. The number of aliphatic carboxylic acids is 1. The first kappa shape index (κ1) is 14.2. The summed E-state index contributed by atoms with van der Waals surface area (Å²) in [6, 6.07) is 10.1. The van der Waals surface area contributed by atoms with Gasteiger partial charge in [-0.2, -0.15) is 0 Å². The second kappa shape index (κ2) is 6.79. The van der Waals surface area contributed by atoms with Crippen LogP contribution in [0.25, 0.3) is 0 Å². The van der Waals surface area contributed by atoms with Gasteiger partial charge < -0.3 is 5.11 Å². The van der Waals surface area contributed by atoms with Crippen molar-refractivity contribution in [3.63, 3.8) is 0 Å². The molecule has 0 saturated heterocycles. The lowest BCUT2D eigenvalue weighted by Gasteiger charge is -2.09. The molecule has 0 amide bonds. The van der Waals surface area contributed by atoms with E-state index in [0.29, 0.717) is 6.54 Å². The van der Waals surface area contributed by atoms with Gasteiger partial charge in [-0.3, -0.25) is 4.79 Å². The third kappa shape index (κ3) is 4.15. The van der Waals surface area contributed by atoms with Crippen molar-refractivity contribution in [2.75, 3.05) is 0 Å². The van der Waals surface area contributed by atoms with Crippen LogP contribution >= 0.6 is 0 Å². The number of rotatable bonds is 7. The molecule has 0 fully saturated rings. The molecule has 0 aliphatic heterocycles. The largest absolute Gasteiger partial charge is 0.481 e. The van der Waals surface area contributed by atoms with E-state index in [-0.39, 0.29) is 12.3 Å². The van der Waals surface area contributed by atoms with Crippen molar-refractivity contribution in [1.82, 2.24) is 20.2 Å². The smallest absolute Gasteiger partial charge is 0.303 e. The van der Waals surface area contributed by atoms with E-state index in [1.54, 1.807) is 4.68 Å². The maximum absolute atomic E-state index is 10.7. The molecule has 0 aliphatic rings. The van der Waals surface area contributed by atoms with E-state index < -0.39 is 5.97 Å². The van der Waals surface area contributed by atoms with Gasteiger partial charge in [0.1, 0.15) is 0 Å². The van der Waals surface area contributed by atoms with Gasteiger partial charge in [-0.05, 0) is 28.3 Å². The lowest BCUT2D eigenvalue weighted by Crippen LogP contribution is -2.15. The zero-order valence-electron chi connectivity index (χ0n) is 11.4. The van der Waals surface area contributed by atoms with Gasteiger partial charge in [0.05, 0.1) is 0 Å². The van der Waals surface area contributed by atoms with Crippen LogP contribution in [0.3, 0.4) is 0 Å². The summed E-state index contributed by atoms with van der Waals surface area (Å²) in [5.41, 5.74) is 1.24. The van der Waals surface area contributed by atoms with E-state index in [0.717, 1.165) is 18.7 Å². The molecule has 1 unspecified atom stereocenters. The second-order valence-corrected chi connectivity index (χ2v) is 4.97. The van der Waals surface area contributed by atoms with Gasteiger partial charge in [0.25, 0.3) is 0 Å². The molecular weight excluding hydrogens is 256 g/mol. The standard InChI is InChI=1S/C14H18N4O2/c1-11(9-14(19)20)10-18-13(15-16-17-18)8-7-12-5-3-2-4-6-12/h2-6,11H,7-10H2,1H3,(H,19,20). The van der Waals surface area contributed by atoms with Gasteiger partial charge >= 0.3 is 5.97 Å². The molecule has 1 aromatic carbocycles. The van der Waals surface area contributed by atoms with E-state index in [4.69, 9.17) is 5.11 Å². The van der Waals surface area contributed by atoms with Gasteiger partial charge in [0, 0.05) is 19.4 Å². The highest BCUT2D eigenvalue weighted by atomic mass is 16.4. The zero-order valence-corrected chi connectivity index (χ0v) is 11.4. The molecule has 0 bridgehead atoms. The molecule has 0 radical (unpaired) electrons. The number of nitrogens with zero attached hydrogens (tertiary/aromatic N) is 4. The predicted molar refractivity (Wildman–Crippen MR) is 73.1 cm³/mol. The Balaban J connectivity index is 1.93. The van der Waals surface area contributed by atoms with Crippen molar-refractivity contribution in [3.05, 3.63) is 41.7 Å². The van der Waals surface area contributed by atoms with Crippen LogP contribution < -0.4 is 0 Å². The Kier molecular flexibility index (Phi) is 4.81. The fourth-order valence-electron chi connectivity index (χ4n) is 2.10. The van der Waals surface area contributed by atoms with Crippen molar-refractivity contribution >= 4 is 5.97 Å². The molecule has 106 valence electrons. The van der Waals surface area contributed by atoms with E-state index in [2.05, 4.69) is 27.7 Å². The molecule has 0 spiro atoms. The summed E-state index contributed by atoms with van der Waals surface area (Å²) >= 11 is 0. The number of benzene rings is 1. The van der Waals surface area contributed by atoms with Gasteiger partial charge in [0.2, 0.25) is 0 Å². The number of carboxylic acid groups (broad SMARTS) is 1. The van der Waals surface area contributed by atoms with Crippen molar-refractivity contribution in [3.8, 4) is 0 Å². The highest BCUT2D eigenvalue weighted by Gasteiger charge is 2.12. The quantitative estimate of drug-likeness (QED) is 0.828. The molecule has 0 saturated carbocycles. The first-order chi connectivity index (χ1) is 9.65. The Labute approximate surface area is 117 Å². The first-order valence-corrected chi connectivity index (χ1v) is 6.66. The number of tetrazole rings is 1. The van der Waals surface area contributed by atoms with Crippen LogP contribution in [0.4, 0.5) is 0 Å². The molecule has 2 aromatic rings. The number of aryl methyl sites for hydroxylation is 2. The van der Waals surface area contributed by atoms with E-state index >= 15 is 0 Å². The van der Waals surface area contributed by atoms with Crippen LogP contribution in [-0.4, -0.2) is 31.3 Å². The Morgan fingerprint density at radius 2 is 2.05 bits per heavy atom. The van der Waals surface area contributed by atoms with Crippen LogP contribution in [-0.2, 0) is 24.2 Å². The van der Waals surface area contributed by atoms with E-state index in [1.807, 2.05) is 25.1 Å². The lowest BCUT2D eigenvalue weighted by molar-refractivity contribution is -0.138. The highest BCUT2D eigenvalue weighted by Crippen LogP contribution is 2.08. The fraction of sp³-hybridized carbons (Fsp3) is 0.429. The number of carbonyl (C=O) groups is 1. The minimum atomic E-state index is -0.795. The van der Waals surface area contributed by atoms with E-state index in [9.17, 15) is 4.79 Å². The molecule has 20 heavy (non-hydrogen) atoms. The summed E-state index contributed by atoms with van der Waals surface area (Å²) in [4.78, 5) is 10.7. The van der Waals surface area contributed by atoms with Gasteiger partial charge in [0.15, 0.2) is 5.82 Å². The number of aromatic nitrogens is 4. The van der Waals surface area contributed by atoms with Crippen LogP contribution in [0.15, 0.2) is 30.3 Å². The molecule has 1 aromatic heterocycles.